The Bertz CT molecular complexity index is 730. The Labute approximate surface area is 151 Å². The lowest BCUT2D eigenvalue weighted by atomic mass is 10.1. The zero-order chi connectivity index (χ0) is 18.2. The summed E-state index contributed by atoms with van der Waals surface area (Å²) in [5.74, 6) is 0.0480. The van der Waals surface area contributed by atoms with Gasteiger partial charge in [-0.05, 0) is 48.1 Å². The molecule has 2 rings (SSSR count). The van der Waals surface area contributed by atoms with Crippen LogP contribution in [0.2, 0.25) is 0 Å². The third-order valence-corrected chi connectivity index (χ3v) is 4.82. The molecule has 6 heteroatoms. The fraction of sp³-hybridized carbons (Fsp3) is 0.263. The summed E-state index contributed by atoms with van der Waals surface area (Å²) in [4.78, 5) is 26.1. The van der Waals surface area contributed by atoms with Crippen LogP contribution in [0.1, 0.15) is 28.8 Å². The molecule has 0 heterocycles. The van der Waals surface area contributed by atoms with Crippen molar-refractivity contribution in [2.45, 2.75) is 24.3 Å². The van der Waals surface area contributed by atoms with Crippen molar-refractivity contribution in [3.63, 3.8) is 0 Å². The van der Waals surface area contributed by atoms with Crippen LogP contribution in [0.25, 0.3) is 0 Å². The molecule has 0 atom stereocenters. The first-order valence-electron chi connectivity index (χ1n) is 7.94. The first-order valence-corrected chi connectivity index (χ1v) is 8.93. The fourth-order valence-corrected chi connectivity index (χ4v) is 3.21. The Hall–Kier alpha value is -2.47. The Morgan fingerprint density at radius 3 is 2.44 bits per heavy atom. The Balaban J connectivity index is 1.78. The molecule has 0 spiro atoms. The van der Waals surface area contributed by atoms with E-state index in [9.17, 15) is 19.8 Å². The highest BCUT2D eigenvalue weighted by atomic mass is 32.2. The van der Waals surface area contributed by atoms with E-state index in [1.807, 2.05) is 12.1 Å². The highest BCUT2D eigenvalue weighted by Crippen LogP contribution is 2.22. The Morgan fingerprint density at radius 1 is 1.08 bits per heavy atom. The predicted molar refractivity (Wildman–Crippen MR) is 97.9 cm³/mol. The van der Waals surface area contributed by atoms with Gasteiger partial charge in [0.2, 0.25) is 5.91 Å². The lowest BCUT2D eigenvalue weighted by Gasteiger charge is -2.18. The van der Waals surface area contributed by atoms with E-state index in [1.54, 1.807) is 60.1 Å². The van der Waals surface area contributed by atoms with Gasteiger partial charge in [0, 0.05) is 24.9 Å². The molecule has 0 bridgehead atoms. The van der Waals surface area contributed by atoms with Gasteiger partial charge in [0.15, 0.2) is 0 Å². The minimum Gasteiger partial charge on any atom is -0.508 e. The highest BCUT2D eigenvalue weighted by molar-refractivity contribution is 7.99. The molecule has 0 unspecified atom stereocenters. The molecule has 0 radical (unpaired) electrons. The molecule has 0 aliphatic rings. The highest BCUT2D eigenvalue weighted by Gasteiger charge is 2.14. The van der Waals surface area contributed by atoms with Gasteiger partial charge in [0.05, 0.1) is 5.56 Å². The fourth-order valence-electron chi connectivity index (χ4n) is 2.36. The van der Waals surface area contributed by atoms with E-state index >= 15 is 0 Å². The number of amides is 1. The molecule has 2 aromatic carbocycles. The number of phenols is 1. The van der Waals surface area contributed by atoms with Crippen molar-refractivity contribution in [3.05, 3.63) is 59.7 Å². The number of aromatic carboxylic acids is 1. The van der Waals surface area contributed by atoms with Crippen molar-refractivity contribution in [3.8, 4) is 5.75 Å². The summed E-state index contributed by atoms with van der Waals surface area (Å²) in [5, 5.41) is 18.4. The maximum absolute atomic E-state index is 12.2. The standard InChI is InChI=1S/C19H21NO4S/c1-20(13-14-5-2-3-6-17(14)19(23)24)18(22)7-4-12-25-16-10-8-15(21)9-11-16/h2-3,5-6,8-11,21H,4,7,12-13H2,1H3,(H,23,24). The van der Waals surface area contributed by atoms with Crippen LogP contribution in [0.15, 0.2) is 53.4 Å². The molecule has 0 saturated carbocycles. The molecule has 0 aliphatic carbocycles. The van der Waals surface area contributed by atoms with Gasteiger partial charge < -0.3 is 15.1 Å². The van der Waals surface area contributed by atoms with Crippen LogP contribution in [0.4, 0.5) is 0 Å². The minimum absolute atomic E-state index is 0.00787. The molecule has 2 N–H and O–H groups in total. The van der Waals surface area contributed by atoms with E-state index in [-0.39, 0.29) is 23.8 Å². The van der Waals surface area contributed by atoms with Gasteiger partial charge in [-0.1, -0.05) is 18.2 Å². The molecule has 0 aromatic heterocycles. The van der Waals surface area contributed by atoms with Gasteiger partial charge in [-0.25, -0.2) is 4.79 Å². The van der Waals surface area contributed by atoms with Crippen molar-refractivity contribution >= 4 is 23.6 Å². The van der Waals surface area contributed by atoms with E-state index in [0.29, 0.717) is 12.0 Å². The molecule has 2 aromatic rings. The quantitative estimate of drug-likeness (QED) is 0.556. The third kappa shape index (κ3) is 5.83. The van der Waals surface area contributed by atoms with Crippen molar-refractivity contribution in [1.29, 1.82) is 0 Å². The molecule has 5 nitrogen and oxygen atoms in total. The number of hydrogen-bond donors (Lipinski definition) is 2. The second-order valence-corrected chi connectivity index (χ2v) is 6.83. The van der Waals surface area contributed by atoms with Crippen molar-refractivity contribution in [1.82, 2.24) is 4.90 Å². The second kappa shape index (κ2) is 9.13. The van der Waals surface area contributed by atoms with Crippen molar-refractivity contribution < 1.29 is 19.8 Å². The predicted octanol–water partition coefficient (Wildman–Crippen LogP) is 3.62. The van der Waals surface area contributed by atoms with Gasteiger partial charge in [-0.2, -0.15) is 0 Å². The molecule has 0 fully saturated rings. The van der Waals surface area contributed by atoms with Crippen molar-refractivity contribution in [2.75, 3.05) is 12.8 Å². The zero-order valence-electron chi connectivity index (χ0n) is 14.0. The normalized spacial score (nSPS) is 10.4. The van der Waals surface area contributed by atoms with Gasteiger partial charge in [-0.15, -0.1) is 11.8 Å². The van der Waals surface area contributed by atoms with Gasteiger partial charge in [-0.3, -0.25) is 4.79 Å². The van der Waals surface area contributed by atoms with E-state index in [1.165, 1.54) is 0 Å². The zero-order valence-corrected chi connectivity index (χ0v) is 14.8. The van der Waals surface area contributed by atoms with Crippen LogP contribution in [0, 0.1) is 0 Å². The lowest BCUT2D eigenvalue weighted by Crippen LogP contribution is -2.26. The first-order chi connectivity index (χ1) is 12.0. The van der Waals surface area contributed by atoms with E-state index in [4.69, 9.17) is 0 Å². The molecular formula is C19H21NO4S. The van der Waals surface area contributed by atoms with Crippen LogP contribution in [-0.4, -0.2) is 39.8 Å². The van der Waals surface area contributed by atoms with E-state index in [0.717, 1.165) is 17.1 Å². The van der Waals surface area contributed by atoms with Crippen LogP contribution in [0.3, 0.4) is 0 Å². The maximum atomic E-state index is 12.2. The molecule has 0 aliphatic heterocycles. The van der Waals surface area contributed by atoms with Gasteiger partial charge in [0.25, 0.3) is 0 Å². The molecule has 1 amide bonds. The number of thioether (sulfide) groups is 1. The number of carbonyl (C=O) groups excluding carboxylic acids is 1. The van der Waals surface area contributed by atoms with Gasteiger partial charge in [0.1, 0.15) is 5.75 Å². The Kier molecular flexibility index (Phi) is 6.89. The number of carboxylic acids is 1. The summed E-state index contributed by atoms with van der Waals surface area (Å²) < 4.78 is 0. The second-order valence-electron chi connectivity index (χ2n) is 5.66. The summed E-state index contributed by atoms with van der Waals surface area (Å²) in [5.41, 5.74) is 0.856. The number of rotatable bonds is 8. The third-order valence-electron chi connectivity index (χ3n) is 3.72. The summed E-state index contributed by atoms with van der Waals surface area (Å²) >= 11 is 1.63. The SMILES string of the molecule is CN(Cc1ccccc1C(=O)O)C(=O)CCCSc1ccc(O)cc1. The van der Waals surface area contributed by atoms with E-state index < -0.39 is 5.97 Å². The molecule has 132 valence electrons. The van der Waals surface area contributed by atoms with Crippen LogP contribution >= 0.6 is 11.8 Å². The number of carbonyl (C=O) groups is 2. The average Bonchev–Trinajstić information content (AvgIpc) is 2.60. The average molecular weight is 359 g/mol. The first kappa shape index (κ1) is 18.9. The molecular weight excluding hydrogens is 338 g/mol. The lowest BCUT2D eigenvalue weighted by molar-refractivity contribution is -0.130. The molecule has 25 heavy (non-hydrogen) atoms. The largest absolute Gasteiger partial charge is 0.508 e. The number of benzene rings is 2. The smallest absolute Gasteiger partial charge is 0.336 e. The maximum Gasteiger partial charge on any atom is 0.336 e. The van der Waals surface area contributed by atoms with Gasteiger partial charge >= 0.3 is 5.97 Å². The summed E-state index contributed by atoms with van der Waals surface area (Å²) in [6.07, 6.45) is 1.14. The number of phenolic OH excluding ortho intramolecular Hbond substituents is 1. The van der Waals surface area contributed by atoms with Crippen LogP contribution in [0.5, 0.6) is 5.75 Å². The Morgan fingerprint density at radius 2 is 1.76 bits per heavy atom. The van der Waals surface area contributed by atoms with Crippen LogP contribution < -0.4 is 0 Å². The molecule has 0 saturated heterocycles. The topological polar surface area (TPSA) is 77.8 Å². The van der Waals surface area contributed by atoms with Crippen molar-refractivity contribution in [2.24, 2.45) is 0 Å². The van der Waals surface area contributed by atoms with Crippen LogP contribution in [-0.2, 0) is 11.3 Å². The number of nitrogens with zero attached hydrogens (tertiary/aromatic N) is 1. The monoisotopic (exact) mass is 359 g/mol. The number of aromatic hydroxyl groups is 1. The summed E-state index contributed by atoms with van der Waals surface area (Å²) in [6.45, 7) is 0.284. The summed E-state index contributed by atoms with van der Waals surface area (Å²) in [6, 6.07) is 13.7. The number of carboxylic acid groups (broad SMARTS) is 1. The minimum atomic E-state index is -0.984. The van der Waals surface area contributed by atoms with E-state index in [2.05, 4.69) is 0 Å². The number of hydrogen-bond acceptors (Lipinski definition) is 4. The summed E-state index contributed by atoms with van der Waals surface area (Å²) in [7, 11) is 1.69.